The lowest BCUT2D eigenvalue weighted by atomic mass is 10.1. The van der Waals surface area contributed by atoms with Crippen molar-refractivity contribution in [1.29, 1.82) is 0 Å². The Morgan fingerprint density at radius 1 is 0.920 bits per heavy atom. The molecule has 1 aliphatic heterocycles. The Hall–Kier alpha value is -2.76. The van der Waals surface area contributed by atoms with Gasteiger partial charge >= 0.3 is 0 Å². The molecule has 0 unspecified atom stereocenters. The first-order valence-corrected chi connectivity index (χ1v) is 8.33. The SMILES string of the molecule is Cc1oc(C)c(C(=O)N2CCN(C(=O)c3ccccc3O)CC2)c1C. The fourth-order valence-electron chi connectivity index (χ4n) is 3.20. The number of furan rings is 1. The second-order valence-electron chi connectivity index (χ2n) is 6.32. The first-order valence-electron chi connectivity index (χ1n) is 8.33. The molecular formula is C19H22N2O4. The van der Waals surface area contributed by atoms with Crippen LogP contribution in [0.15, 0.2) is 28.7 Å². The molecule has 3 rings (SSSR count). The van der Waals surface area contributed by atoms with E-state index in [0.29, 0.717) is 43.1 Å². The molecule has 2 aromatic rings. The summed E-state index contributed by atoms with van der Waals surface area (Å²) in [5, 5.41) is 9.84. The minimum atomic E-state index is -0.211. The highest BCUT2D eigenvalue weighted by Crippen LogP contribution is 2.24. The van der Waals surface area contributed by atoms with Crippen molar-refractivity contribution in [3.8, 4) is 5.75 Å². The highest BCUT2D eigenvalue weighted by atomic mass is 16.3. The van der Waals surface area contributed by atoms with Crippen LogP contribution in [-0.4, -0.2) is 52.9 Å². The molecule has 0 saturated carbocycles. The number of aromatic hydroxyl groups is 1. The van der Waals surface area contributed by atoms with E-state index in [1.54, 1.807) is 34.9 Å². The van der Waals surface area contributed by atoms with Gasteiger partial charge in [-0.05, 0) is 32.9 Å². The van der Waals surface area contributed by atoms with Crippen LogP contribution in [0.3, 0.4) is 0 Å². The molecule has 1 fully saturated rings. The summed E-state index contributed by atoms with van der Waals surface area (Å²) in [7, 11) is 0. The number of rotatable bonds is 2. The average Bonchev–Trinajstić information content (AvgIpc) is 2.86. The maximum Gasteiger partial charge on any atom is 0.257 e. The molecule has 6 nitrogen and oxygen atoms in total. The van der Waals surface area contributed by atoms with Crippen molar-refractivity contribution in [2.45, 2.75) is 20.8 Å². The maximum absolute atomic E-state index is 12.8. The molecule has 1 saturated heterocycles. The van der Waals surface area contributed by atoms with Gasteiger partial charge in [-0.15, -0.1) is 0 Å². The van der Waals surface area contributed by atoms with Crippen molar-refractivity contribution in [3.05, 3.63) is 52.5 Å². The molecule has 0 atom stereocenters. The number of benzene rings is 1. The molecule has 6 heteroatoms. The first kappa shape index (κ1) is 17.1. The molecule has 1 aromatic carbocycles. The van der Waals surface area contributed by atoms with Gasteiger partial charge in [0.15, 0.2) is 0 Å². The van der Waals surface area contributed by atoms with Gasteiger partial charge in [0.1, 0.15) is 17.3 Å². The fourth-order valence-corrected chi connectivity index (χ4v) is 3.20. The number of hydrogen-bond donors (Lipinski definition) is 1. The van der Waals surface area contributed by atoms with Gasteiger partial charge in [0.05, 0.1) is 11.1 Å². The number of hydrogen-bond acceptors (Lipinski definition) is 4. The summed E-state index contributed by atoms with van der Waals surface area (Å²) in [5.41, 5.74) is 1.78. The Morgan fingerprint density at radius 3 is 2.00 bits per heavy atom. The number of piperazine rings is 1. The van der Waals surface area contributed by atoms with Gasteiger partial charge in [-0.3, -0.25) is 9.59 Å². The number of carbonyl (C=O) groups is 2. The highest BCUT2D eigenvalue weighted by molar-refractivity contribution is 5.98. The van der Waals surface area contributed by atoms with Gasteiger partial charge in [-0.2, -0.15) is 0 Å². The van der Waals surface area contributed by atoms with Crippen molar-refractivity contribution >= 4 is 11.8 Å². The monoisotopic (exact) mass is 342 g/mol. The third kappa shape index (κ3) is 3.12. The fraction of sp³-hybridized carbons (Fsp3) is 0.368. The topological polar surface area (TPSA) is 74.0 Å². The van der Waals surface area contributed by atoms with Gasteiger partial charge in [-0.1, -0.05) is 12.1 Å². The number of phenols is 1. The van der Waals surface area contributed by atoms with Crippen molar-refractivity contribution in [3.63, 3.8) is 0 Å². The van der Waals surface area contributed by atoms with Gasteiger partial charge in [-0.25, -0.2) is 0 Å². The number of amides is 2. The van der Waals surface area contributed by atoms with Gasteiger partial charge in [0.2, 0.25) is 0 Å². The minimum Gasteiger partial charge on any atom is -0.507 e. The molecule has 2 amide bonds. The van der Waals surface area contributed by atoms with Gasteiger partial charge in [0, 0.05) is 31.7 Å². The summed E-state index contributed by atoms with van der Waals surface area (Å²) >= 11 is 0. The van der Waals surface area contributed by atoms with Crippen molar-refractivity contribution < 1.29 is 19.1 Å². The van der Waals surface area contributed by atoms with E-state index in [4.69, 9.17) is 4.42 Å². The zero-order valence-corrected chi connectivity index (χ0v) is 14.7. The van der Waals surface area contributed by atoms with E-state index in [1.165, 1.54) is 6.07 Å². The normalized spacial score (nSPS) is 14.7. The predicted molar refractivity (Wildman–Crippen MR) is 92.8 cm³/mol. The first-order chi connectivity index (χ1) is 11.9. The predicted octanol–water partition coefficient (Wildman–Crippen LogP) is 2.51. The molecule has 1 aliphatic rings. The van der Waals surface area contributed by atoms with E-state index >= 15 is 0 Å². The molecule has 0 bridgehead atoms. The van der Waals surface area contributed by atoms with E-state index in [2.05, 4.69) is 0 Å². The molecular weight excluding hydrogens is 320 g/mol. The minimum absolute atomic E-state index is 0.0221. The molecule has 0 aliphatic carbocycles. The quantitative estimate of drug-likeness (QED) is 0.910. The summed E-state index contributed by atoms with van der Waals surface area (Å²) in [6, 6.07) is 6.51. The summed E-state index contributed by atoms with van der Waals surface area (Å²) in [6.45, 7) is 7.33. The summed E-state index contributed by atoms with van der Waals surface area (Å²) < 4.78 is 5.55. The lowest BCUT2D eigenvalue weighted by Crippen LogP contribution is -2.50. The molecule has 0 radical (unpaired) electrons. The molecule has 132 valence electrons. The van der Waals surface area contributed by atoms with E-state index in [-0.39, 0.29) is 17.6 Å². The van der Waals surface area contributed by atoms with Crippen LogP contribution in [0.2, 0.25) is 0 Å². The third-order valence-corrected chi connectivity index (χ3v) is 4.76. The Balaban J connectivity index is 1.69. The Bertz CT molecular complexity index is 817. The zero-order chi connectivity index (χ0) is 18.1. The van der Waals surface area contributed by atoms with Crippen LogP contribution in [0.4, 0.5) is 0 Å². The standard InChI is InChI=1S/C19H22N2O4/c1-12-13(2)25-14(3)17(12)19(24)21-10-8-20(9-11-21)18(23)15-6-4-5-7-16(15)22/h4-7,22H,8-11H2,1-3H3. The Morgan fingerprint density at radius 2 is 1.48 bits per heavy atom. The second kappa shape index (κ2) is 6.63. The van der Waals surface area contributed by atoms with Crippen LogP contribution in [-0.2, 0) is 0 Å². The molecule has 25 heavy (non-hydrogen) atoms. The molecule has 2 heterocycles. The second-order valence-corrected chi connectivity index (χ2v) is 6.32. The number of para-hydroxylation sites is 1. The van der Waals surface area contributed by atoms with E-state index in [9.17, 15) is 14.7 Å². The Labute approximate surface area is 146 Å². The van der Waals surface area contributed by atoms with Crippen molar-refractivity contribution in [2.24, 2.45) is 0 Å². The Kier molecular flexibility index (Phi) is 4.53. The molecule has 1 N–H and O–H groups in total. The summed E-state index contributed by atoms with van der Waals surface area (Å²) in [6.07, 6.45) is 0. The largest absolute Gasteiger partial charge is 0.507 e. The van der Waals surface area contributed by atoms with Gasteiger partial charge < -0.3 is 19.3 Å². The summed E-state index contributed by atoms with van der Waals surface area (Å²) in [5.74, 6) is 1.10. The van der Waals surface area contributed by atoms with Crippen LogP contribution in [0, 0.1) is 20.8 Å². The van der Waals surface area contributed by atoms with Crippen LogP contribution in [0.25, 0.3) is 0 Å². The van der Waals surface area contributed by atoms with Crippen LogP contribution >= 0.6 is 0 Å². The molecule has 1 aromatic heterocycles. The smallest absolute Gasteiger partial charge is 0.257 e. The van der Waals surface area contributed by atoms with E-state index < -0.39 is 0 Å². The van der Waals surface area contributed by atoms with Gasteiger partial charge in [0.25, 0.3) is 11.8 Å². The van der Waals surface area contributed by atoms with Crippen LogP contribution in [0.5, 0.6) is 5.75 Å². The van der Waals surface area contributed by atoms with E-state index in [0.717, 1.165) is 11.3 Å². The maximum atomic E-state index is 12.8. The third-order valence-electron chi connectivity index (χ3n) is 4.76. The lowest BCUT2D eigenvalue weighted by molar-refractivity contribution is 0.0532. The summed E-state index contributed by atoms with van der Waals surface area (Å²) in [4.78, 5) is 28.7. The molecule has 0 spiro atoms. The van der Waals surface area contributed by atoms with Crippen LogP contribution < -0.4 is 0 Å². The van der Waals surface area contributed by atoms with Crippen molar-refractivity contribution in [2.75, 3.05) is 26.2 Å². The number of nitrogens with zero attached hydrogens (tertiary/aromatic N) is 2. The average molecular weight is 342 g/mol. The number of aryl methyl sites for hydroxylation is 2. The van der Waals surface area contributed by atoms with Crippen molar-refractivity contribution in [1.82, 2.24) is 9.80 Å². The number of carbonyl (C=O) groups excluding carboxylic acids is 2. The number of phenolic OH excluding ortho intramolecular Hbond substituents is 1. The van der Waals surface area contributed by atoms with Crippen LogP contribution in [0.1, 0.15) is 37.8 Å². The lowest BCUT2D eigenvalue weighted by Gasteiger charge is -2.35. The van der Waals surface area contributed by atoms with E-state index in [1.807, 2.05) is 13.8 Å². The highest BCUT2D eigenvalue weighted by Gasteiger charge is 2.29. The zero-order valence-electron chi connectivity index (χ0n) is 14.7.